The van der Waals surface area contributed by atoms with Crippen molar-refractivity contribution in [2.45, 2.75) is 38.5 Å². The molecule has 1 aromatic heterocycles. The maximum Gasteiger partial charge on any atom is 0.411 e. The molecule has 6 nitrogen and oxygen atoms in total. The van der Waals surface area contributed by atoms with Gasteiger partial charge in [-0.1, -0.05) is 54.1 Å². The highest BCUT2D eigenvalue weighted by atomic mass is 35.5. The predicted molar refractivity (Wildman–Crippen MR) is 158 cm³/mol. The third-order valence-electron chi connectivity index (χ3n) is 7.81. The van der Waals surface area contributed by atoms with Crippen LogP contribution in [-0.4, -0.2) is 59.6 Å². The molecule has 5 rings (SSSR count). The first-order chi connectivity index (χ1) is 20.2. The predicted octanol–water partition coefficient (Wildman–Crippen LogP) is 6.81. The van der Waals surface area contributed by atoms with Crippen molar-refractivity contribution < 1.29 is 22.7 Å². The molecule has 1 atom stereocenters. The number of carbonyl (C=O) groups is 1. The molecule has 0 bridgehead atoms. The van der Waals surface area contributed by atoms with Gasteiger partial charge in [-0.15, -0.1) is 0 Å². The lowest BCUT2D eigenvalue weighted by atomic mass is 9.91. The maximum absolute atomic E-state index is 12.7. The van der Waals surface area contributed by atoms with Gasteiger partial charge in [0, 0.05) is 35.3 Å². The van der Waals surface area contributed by atoms with Crippen LogP contribution in [0, 0.1) is 12.8 Å². The summed E-state index contributed by atoms with van der Waals surface area (Å²) >= 11 is 6.17. The second-order valence-corrected chi connectivity index (χ2v) is 11.2. The number of ether oxygens (including phenoxy) is 1. The zero-order valence-corrected chi connectivity index (χ0v) is 24.2. The van der Waals surface area contributed by atoms with Gasteiger partial charge in [0.15, 0.2) is 0 Å². The van der Waals surface area contributed by atoms with Crippen molar-refractivity contribution in [1.29, 1.82) is 0 Å². The first-order valence-corrected chi connectivity index (χ1v) is 14.5. The highest BCUT2D eigenvalue weighted by Gasteiger charge is 2.28. The molecule has 0 spiro atoms. The molecular formula is C32H34ClF3N4O2. The van der Waals surface area contributed by atoms with E-state index < -0.39 is 12.8 Å². The van der Waals surface area contributed by atoms with E-state index in [4.69, 9.17) is 16.7 Å². The van der Waals surface area contributed by atoms with Gasteiger partial charge in [0.1, 0.15) is 6.61 Å². The van der Waals surface area contributed by atoms with Crippen LogP contribution >= 0.6 is 11.6 Å². The molecule has 42 heavy (non-hydrogen) atoms. The zero-order valence-electron chi connectivity index (χ0n) is 23.4. The summed E-state index contributed by atoms with van der Waals surface area (Å²) in [6.45, 7) is 3.03. The van der Waals surface area contributed by atoms with E-state index in [1.165, 1.54) is 11.1 Å². The number of amides is 1. The number of benzene rings is 3. The number of aromatic nitrogens is 2. The number of halogens is 4. The van der Waals surface area contributed by atoms with Crippen LogP contribution < -0.4 is 5.32 Å². The Morgan fingerprint density at radius 2 is 1.74 bits per heavy atom. The van der Waals surface area contributed by atoms with Gasteiger partial charge in [-0.05, 0) is 79.7 Å². The van der Waals surface area contributed by atoms with Crippen molar-refractivity contribution in [1.82, 2.24) is 20.0 Å². The fourth-order valence-electron chi connectivity index (χ4n) is 5.69. The summed E-state index contributed by atoms with van der Waals surface area (Å²) in [6, 6.07) is 22.4. The van der Waals surface area contributed by atoms with Gasteiger partial charge < -0.3 is 10.1 Å². The third kappa shape index (κ3) is 7.51. The van der Waals surface area contributed by atoms with E-state index in [9.17, 15) is 18.0 Å². The van der Waals surface area contributed by atoms with Crippen molar-refractivity contribution in [3.05, 3.63) is 100 Å². The van der Waals surface area contributed by atoms with Gasteiger partial charge >= 0.3 is 6.18 Å². The number of aryl methyl sites for hydroxylation is 1. The van der Waals surface area contributed by atoms with Crippen LogP contribution in [0.3, 0.4) is 0 Å². The Hall–Kier alpha value is -3.40. The summed E-state index contributed by atoms with van der Waals surface area (Å²) < 4.78 is 43.2. The van der Waals surface area contributed by atoms with E-state index in [0.717, 1.165) is 54.0 Å². The summed E-state index contributed by atoms with van der Waals surface area (Å²) in [6.07, 6.45) is -0.322. The summed E-state index contributed by atoms with van der Waals surface area (Å²) in [5.41, 5.74) is 4.56. The van der Waals surface area contributed by atoms with Crippen LogP contribution in [0.25, 0.3) is 10.9 Å². The van der Waals surface area contributed by atoms with E-state index in [0.29, 0.717) is 11.5 Å². The van der Waals surface area contributed by atoms with Crippen molar-refractivity contribution in [2.24, 2.45) is 5.92 Å². The topological polar surface area (TPSA) is 59.4 Å². The molecule has 1 amide bonds. The second kappa shape index (κ2) is 13.3. The molecule has 3 aromatic carbocycles. The van der Waals surface area contributed by atoms with Gasteiger partial charge in [0.2, 0.25) is 0 Å². The Morgan fingerprint density at radius 3 is 2.43 bits per heavy atom. The van der Waals surface area contributed by atoms with Crippen molar-refractivity contribution >= 4 is 28.4 Å². The van der Waals surface area contributed by atoms with Gasteiger partial charge in [-0.3, -0.25) is 14.4 Å². The Bertz CT molecular complexity index is 1480. The number of hydrogen-bond acceptors (Lipinski definition) is 4. The molecule has 1 aliphatic heterocycles. The standard InChI is InChI=1S/C32H34ClF3N4O2/c1-22-27(31(41)37-15-18-42-21-32(34,35)36)11-12-29-28(22)20-40(38-29)19-23-13-16-39(17-14-23)30(24-5-3-2-4-6-24)25-7-9-26(33)10-8-25/h2-12,20,23,30H,13-19,21H2,1H3,(H,37,41). The van der Waals surface area contributed by atoms with E-state index in [1.54, 1.807) is 6.07 Å². The fraction of sp³-hybridized carbons (Fsp3) is 0.375. The number of rotatable bonds is 10. The van der Waals surface area contributed by atoms with Crippen molar-refractivity contribution in [2.75, 3.05) is 32.8 Å². The quantitative estimate of drug-likeness (QED) is 0.204. The fourth-order valence-corrected chi connectivity index (χ4v) is 5.82. The number of nitrogens with zero attached hydrogens (tertiary/aromatic N) is 3. The van der Waals surface area contributed by atoms with Crippen LogP contribution in [0.15, 0.2) is 72.9 Å². The van der Waals surface area contributed by atoms with Gasteiger partial charge in [0.25, 0.3) is 5.91 Å². The lowest BCUT2D eigenvalue weighted by Crippen LogP contribution is -2.38. The molecule has 10 heteroatoms. The van der Waals surface area contributed by atoms with Crippen LogP contribution in [0.4, 0.5) is 13.2 Å². The first-order valence-electron chi connectivity index (χ1n) is 14.1. The molecule has 222 valence electrons. The first kappa shape index (κ1) is 30.1. The van der Waals surface area contributed by atoms with Crippen LogP contribution in [0.2, 0.25) is 5.02 Å². The lowest BCUT2D eigenvalue weighted by molar-refractivity contribution is -0.173. The van der Waals surface area contributed by atoms with Gasteiger partial charge in [0.05, 0.1) is 18.2 Å². The van der Waals surface area contributed by atoms with Crippen molar-refractivity contribution in [3.8, 4) is 0 Å². The summed E-state index contributed by atoms with van der Waals surface area (Å²) in [4.78, 5) is 15.2. The highest BCUT2D eigenvalue weighted by Crippen LogP contribution is 2.33. The largest absolute Gasteiger partial charge is 0.411 e. The Morgan fingerprint density at radius 1 is 1.05 bits per heavy atom. The monoisotopic (exact) mass is 598 g/mol. The number of hydrogen-bond donors (Lipinski definition) is 1. The second-order valence-electron chi connectivity index (χ2n) is 10.8. The van der Waals surface area contributed by atoms with Crippen LogP contribution in [-0.2, 0) is 11.3 Å². The Balaban J connectivity index is 1.20. The van der Waals surface area contributed by atoms with E-state index in [-0.39, 0.29) is 25.1 Å². The van der Waals surface area contributed by atoms with Crippen LogP contribution in [0.5, 0.6) is 0 Å². The third-order valence-corrected chi connectivity index (χ3v) is 8.06. The number of likely N-dealkylation sites (tertiary alicyclic amines) is 1. The number of carbonyl (C=O) groups excluding carboxylic acids is 1. The number of fused-ring (bicyclic) bond motifs is 1. The van der Waals surface area contributed by atoms with Crippen LogP contribution in [0.1, 0.15) is 45.9 Å². The molecule has 1 aliphatic rings. The average Bonchev–Trinajstić information content (AvgIpc) is 3.38. The summed E-state index contributed by atoms with van der Waals surface area (Å²) in [7, 11) is 0. The minimum atomic E-state index is -4.38. The highest BCUT2D eigenvalue weighted by molar-refractivity contribution is 6.30. The molecule has 0 radical (unpaired) electrons. The average molecular weight is 599 g/mol. The summed E-state index contributed by atoms with van der Waals surface area (Å²) in [5, 5.41) is 9.02. The molecule has 0 saturated carbocycles. The Kier molecular flexibility index (Phi) is 9.50. The van der Waals surface area contributed by atoms with E-state index in [2.05, 4.69) is 51.4 Å². The molecule has 4 aromatic rings. The summed E-state index contributed by atoms with van der Waals surface area (Å²) in [5.74, 6) is 0.121. The molecule has 2 heterocycles. The minimum absolute atomic E-state index is 0.00645. The van der Waals surface area contributed by atoms with E-state index in [1.807, 2.05) is 42.1 Å². The van der Waals surface area contributed by atoms with Crippen molar-refractivity contribution in [3.63, 3.8) is 0 Å². The SMILES string of the molecule is Cc1c(C(=O)NCCOCC(F)(F)F)ccc2nn(CC3CCN(C(c4ccccc4)c4ccc(Cl)cc4)CC3)cc12. The van der Waals surface area contributed by atoms with E-state index >= 15 is 0 Å². The van der Waals surface area contributed by atoms with Gasteiger partial charge in [-0.2, -0.15) is 18.3 Å². The van der Waals surface area contributed by atoms with Gasteiger partial charge in [-0.25, -0.2) is 0 Å². The smallest absolute Gasteiger partial charge is 0.370 e. The molecule has 1 saturated heterocycles. The maximum atomic E-state index is 12.7. The molecule has 1 unspecified atom stereocenters. The normalized spacial score (nSPS) is 15.6. The molecular weight excluding hydrogens is 565 g/mol. The number of alkyl halides is 3. The number of nitrogens with one attached hydrogen (secondary N) is 1. The zero-order chi connectivity index (χ0) is 29.7. The molecule has 1 fully saturated rings. The molecule has 1 N–H and O–H groups in total. The minimum Gasteiger partial charge on any atom is -0.370 e. The Labute approximate surface area is 248 Å². The molecule has 0 aliphatic carbocycles. The lowest BCUT2D eigenvalue weighted by Gasteiger charge is -2.38. The number of piperidine rings is 1.